The van der Waals surface area contributed by atoms with Crippen molar-refractivity contribution in [3.05, 3.63) is 11.6 Å². The molecule has 0 saturated heterocycles. The molecule has 0 spiro atoms. The van der Waals surface area contributed by atoms with Gasteiger partial charge < -0.3 is 5.11 Å². The molecule has 2 nitrogen and oxygen atoms in total. The van der Waals surface area contributed by atoms with Gasteiger partial charge in [-0.1, -0.05) is 19.4 Å². The summed E-state index contributed by atoms with van der Waals surface area (Å²) in [5, 5.41) is 10.7. The average molecular weight is 291 g/mol. The van der Waals surface area contributed by atoms with Crippen LogP contribution in [0.3, 0.4) is 0 Å². The van der Waals surface area contributed by atoms with Gasteiger partial charge in [0, 0.05) is 9.16 Å². The Balaban J connectivity index is 1.73. The molecule has 21 heavy (non-hydrogen) atoms. The monoisotopic (exact) mass is 291 g/mol. The van der Waals surface area contributed by atoms with Gasteiger partial charge in [-0.3, -0.25) is 4.79 Å². The van der Waals surface area contributed by atoms with Crippen LogP contribution in [0.5, 0.6) is 0 Å². The molecular weight excluding hydrogens is 260 g/mol. The smallest absolute Gasteiger partial charge is 0.155 e. The Morgan fingerprint density at radius 2 is 2.05 bits per heavy atom. The largest absolute Gasteiger partial charge is 0.393 e. The Kier molecular flexibility index (Phi) is 2.32. The van der Waals surface area contributed by atoms with Crippen LogP contribution in [0.4, 0.5) is 0 Å². The van der Waals surface area contributed by atoms with Crippen LogP contribution in [0.25, 0.3) is 0 Å². The van der Waals surface area contributed by atoms with Gasteiger partial charge in [-0.15, -0.1) is 0 Å². The first-order valence-electron chi connectivity index (χ1n) is 9.99. The fourth-order valence-electron chi connectivity index (χ4n) is 5.96. The minimum Gasteiger partial charge on any atom is -0.393 e. The lowest BCUT2D eigenvalue weighted by Gasteiger charge is -2.57. The lowest BCUT2D eigenvalue weighted by Crippen LogP contribution is -2.51. The first kappa shape index (κ1) is 11.0. The van der Waals surface area contributed by atoms with Crippen molar-refractivity contribution < 1.29 is 14.0 Å². The predicted octanol–water partition coefficient (Wildman–Crippen LogP) is 3.88. The topological polar surface area (TPSA) is 37.3 Å². The highest BCUT2D eigenvalue weighted by atomic mass is 16.3. The first-order chi connectivity index (χ1) is 11.0. The quantitative estimate of drug-likeness (QED) is 0.735. The van der Waals surface area contributed by atoms with E-state index in [1.807, 2.05) is 13.0 Å². The van der Waals surface area contributed by atoms with Crippen LogP contribution >= 0.6 is 0 Å². The van der Waals surface area contributed by atoms with Crippen LogP contribution in [0.15, 0.2) is 11.6 Å². The maximum absolute atomic E-state index is 11.8. The summed E-state index contributed by atoms with van der Waals surface area (Å²) in [6.45, 7) is 4.23. The second-order valence-corrected chi connectivity index (χ2v) is 8.15. The molecule has 0 radical (unpaired) electrons. The number of hydrogen-bond acceptors (Lipinski definition) is 2. The summed E-state index contributed by atoms with van der Waals surface area (Å²) in [5.74, 6) is 1.12. The summed E-state index contributed by atoms with van der Waals surface area (Å²) in [7, 11) is 0. The number of hydrogen-bond donors (Lipinski definition) is 1. The maximum Gasteiger partial charge on any atom is 0.155 e. The Hall–Kier alpha value is -0.630. The van der Waals surface area contributed by atoms with Gasteiger partial charge in [-0.05, 0) is 79.6 Å². The van der Waals surface area contributed by atoms with E-state index in [2.05, 4.69) is 6.92 Å². The van der Waals surface area contributed by atoms with Crippen LogP contribution in [0.1, 0.15) is 69.3 Å². The van der Waals surface area contributed by atoms with Gasteiger partial charge in [0.05, 0.1) is 7.45 Å². The summed E-state index contributed by atoms with van der Waals surface area (Å²) in [6, 6.07) is 0. The molecular formula is C19H28O2. The Morgan fingerprint density at radius 3 is 2.86 bits per heavy atom. The summed E-state index contributed by atoms with van der Waals surface area (Å²) in [4.78, 5) is 11.8. The van der Waals surface area contributed by atoms with E-state index in [1.54, 1.807) is 0 Å². The highest BCUT2D eigenvalue weighted by molar-refractivity contribution is 5.91. The molecule has 3 fully saturated rings. The van der Waals surface area contributed by atoms with Crippen molar-refractivity contribution in [2.75, 3.05) is 0 Å². The molecule has 0 bridgehead atoms. The number of rotatable bonds is 0. The van der Waals surface area contributed by atoms with E-state index in [1.165, 1.54) is 5.57 Å². The van der Waals surface area contributed by atoms with E-state index in [0.29, 0.717) is 31.1 Å². The molecule has 4 aliphatic carbocycles. The Labute approximate surface area is 132 Å². The Bertz CT molecular complexity index is 626. The van der Waals surface area contributed by atoms with Crippen LogP contribution < -0.4 is 0 Å². The highest BCUT2D eigenvalue weighted by Crippen LogP contribution is 2.65. The summed E-state index contributed by atoms with van der Waals surface area (Å²) >= 11 is 0. The average Bonchev–Trinajstić information content (AvgIpc) is 2.64. The molecule has 3 saturated carbocycles. The van der Waals surface area contributed by atoms with E-state index in [9.17, 15) is 9.90 Å². The van der Waals surface area contributed by atoms with Gasteiger partial charge in [0.2, 0.25) is 0 Å². The Morgan fingerprint density at radius 1 is 1.24 bits per heavy atom. The molecule has 0 aromatic carbocycles. The molecule has 0 aliphatic heterocycles. The van der Waals surface area contributed by atoms with Crippen LogP contribution in [0.2, 0.25) is 0 Å². The van der Waals surface area contributed by atoms with Crippen molar-refractivity contribution in [3.63, 3.8) is 0 Å². The SMILES string of the molecule is [2H]C1([2H])C[C@@H]2[C@H]3CCC4=CC(=O)CC[C@@]4(C)[C@@H]3CC[C@@]2(C)[C@]1([2H])O. The molecule has 0 aromatic rings. The van der Waals surface area contributed by atoms with Gasteiger partial charge in [-0.25, -0.2) is 0 Å². The molecule has 0 unspecified atom stereocenters. The highest BCUT2D eigenvalue weighted by Gasteiger charge is 2.58. The minimum atomic E-state index is -2.00. The van der Waals surface area contributed by atoms with Crippen molar-refractivity contribution in [1.29, 1.82) is 0 Å². The second-order valence-electron chi connectivity index (χ2n) is 8.15. The number of carbonyl (C=O) groups is 1. The van der Waals surface area contributed by atoms with Crippen molar-refractivity contribution in [1.82, 2.24) is 0 Å². The van der Waals surface area contributed by atoms with Crippen molar-refractivity contribution in [2.24, 2.45) is 28.6 Å². The minimum absolute atomic E-state index is 0.0492. The standard InChI is InChI=1S/C19H28O2/c1-18-9-7-13(20)11-12(18)3-4-14-15-5-6-17(21)19(15,2)10-8-16(14)18/h11,14-17,21H,3-10H2,1-2H3/t14-,15-,16-,17-,18-,19-/m1/s1/i6D2,17D. The molecule has 0 aromatic heterocycles. The van der Waals surface area contributed by atoms with E-state index in [4.69, 9.17) is 4.11 Å². The van der Waals surface area contributed by atoms with Gasteiger partial charge >= 0.3 is 0 Å². The summed E-state index contributed by atoms with van der Waals surface area (Å²) in [5.41, 5.74) is 0.679. The number of ketones is 1. The number of carbonyl (C=O) groups excluding carboxylic acids is 1. The lowest BCUT2D eigenvalue weighted by atomic mass is 9.47. The van der Waals surface area contributed by atoms with Gasteiger partial charge in [-0.2, -0.15) is 0 Å². The van der Waals surface area contributed by atoms with Crippen molar-refractivity contribution in [3.8, 4) is 0 Å². The van der Waals surface area contributed by atoms with E-state index in [-0.39, 0.29) is 17.1 Å². The fourth-order valence-corrected chi connectivity index (χ4v) is 5.96. The third-order valence-electron chi connectivity index (χ3n) is 7.38. The number of aliphatic hydroxyl groups is 1. The van der Waals surface area contributed by atoms with E-state index in [0.717, 1.165) is 25.7 Å². The molecule has 4 aliphatic rings. The maximum atomic E-state index is 11.8. The predicted molar refractivity (Wildman–Crippen MR) is 82.7 cm³/mol. The molecule has 0 amide bonds. The normalized spacial score (nSPS) is 60.7. The zero-order valence-electron chi connectivity index (χ0n) is 16.1. The van der Waals surface area contributed by atoms with Crippen molar-refractivity contribution >= 4 is 5.78 Å². The third-order valence-corrected chi connectivity index (χ3v) is 7.38. The summed E-state index contributed by atoms with van der Waals surface area (Å²) in [6.07, 6.45) is 3.35. The molecule has 0 heterocycles. The molecule has 6 atom stereocenters. The van der Waals surface area contributed by atoms with Crippen LogP contribution in [-0.4, -0.2) is 17.0 Å². The van der Waals surface area contributed by atoms with Gasteiger partial charge in [0.15, 0.2) is 5.78 Å². The molecule has 4 rings (SSSR count). The van der Waals surface area contributed by atoms with Crippen LogP contribution in [0, 0.1) is 28.6 Å². The lowest BCUT2D eigenvalue weighted by molar-refractivity contribution is -0.118. The second kappa shape index (κ2) is 4.44. The summed E-state index contributed by atoms with van der Waals surface area (Å²) < 4.78 is 24.9. The third kappa shape index (κ3) is 1.78. The van der Waals surface area contributed by atoms with Gasteiger partial charge in [0.1, 0.15) is 0 Å². The number of fused-ring (bicyclic) bond motifs is 5. The van der Waals surface area contributed by atoms with E-state index < -0.39 is 17.9 Å². The fraction of sp³-hybridized carbons (Fsp3) is 0.842. The zero-order valence-corrected chi connectivity index (χ0v) is 13.1. The molecule has 116 valence electrons. The van der Waals surface area contributed by atoms with Crippen molar-refractivity contribution in [2.45, 2.75) is 71.2 Å². The molecule has 1 N–H and O–H groups in total. The number of allylic oxidation sites excluding steroid dienone is 1. The molecule has 2 heteroatoms. The van der Waals surface area contributed by atoms with Gasteiger partial charge in [0.25, 0.3) is 0 Å². The first-order valence-corrected chi connectivity index (χ1v) is 8.49. The zero-order chi connectivity index (χ0) is 17.5. The van der Waals surface area contributed by atoms with E-state index >= 15 is 0 Å². The van der Waals surface area contributed by atoms with Crippen LogP contribution in [-0.2, 0) is 4.79 Å².